The number of para-hydroxylation sites is 2. The molecule has 0 atom stereocenters. The summed E-state index contributed by atoms with van der Waals surface area (Å²) in [6.45, 7) is 56.0. The average molecular weight is 971 g/mol. The van der Waals surface area contributed by atoms with Crippen LogP contribution in [0.15, 0.2) is 188 Å². The zero-order valence-electron chi connectivity index (χ0n) is 51.8. The van der Waals surface area contributed by atoms with Gasteiger partial charge in [0.15, 0.2) is 0 Å². The third kappa shape index (κ3) is 32.8. The van der Waals surface area contributed by atoms with E-state index in [1.807, 2.05) is 194 Å². The van der Waals surface area contributed by atoms with Crippen LogP contribution in [0.5, 0.6) is 0 Å². The Labute approximate surface area is 446 Å². The van der Waals surface area contributed by atoms with Crippen molar-refractivity contribution in [2.75, 3.05) is 4.90 Å². The van der Waals surface area contributed by atoms with Gasteiger partial charge in [-0.05, 0) is 93.5 Å². The zero-order valence-corrected chi connectivity index (χ0v) is 51.8. The van der Waals surface area contributed by atoms with Gasteiger partial charge in [-0.3, -0.25) is 0 Å². The van der Waals surface area contributed by atoms with Crippen LogP contribution in [0.2, 0.25) is 0 Å². The SMILES string of the molecule is CC.CC.CC.CC.CC.CC.CC.CC.CC.CC.CC.CC.CC.CC.c1ccc(-c2cc(-c3ccccc3)cc(-c3ccc(N(c4ccccc4)c4ccccc4)c(-c4ccccc4)c3)c2)cc1. The fourth-order valence-electron chi connectivity index (χ4n) is 5.73. The maximum Gasteiger partial charge on any atom is 0.0540 e. The number of hydrogen-bond donors (Lipinski definition) is 0. The Kier molecular flexibility index (Phi) is 79.5. The van der Waals surface area contributed by atoms with Crippen molar-refractivity contribution >= 4 is 17.1 Å². The molecule has 7 rings (SSSR count). The maximum atomic E-state index is 2.35. The van der Waals surface area contributed by atoms with Gasteiger partial charge in [0, 0.05) is 16.9 Å². The summed E-state index contributed by atoms with van der Waals surface area (Å²) in [6.07, 6.45) is 0. The quantitative estimate of drug-likeness (QED) is 0.154. The lowest BCUT2D eigenvalue weighted by Gasteiger charge is -2.28. The van der Waals surface area contributed by atoms with Crippen molar-refractivity contribution < 1.29 is 0 Å². The summed E-state index contributed by atoms with van der Waals surface area (Å²) >= 11 is 0. The molecule has 0 amide bonds. The van der Waals surface area contributed by atoms with Gasteiger partial charge in [0.1, 0.15) is 0 Å². The first-order valence-electron chi connectivity index (χ1n) is 28.7. The van der Waals surface area contributed by atoms with E-state index in [1.165, 1.54) is 44.5 Å². The molecule has 7 aromatic carbocycles. The fraction of sp³-hybridized carbons (Fsp3) is 0.400. The summed E-state index contributed by atoms with van der Waals surface area (Å²) in [5.74, 6) is 0. The minimum absolute atomic E-state index is 1.12. The Morgan fingerprint density at radius 1 is 0.183 bits per heavy atom. The molecule has 0 aliphatic carbocycles. The summed E-state index contributed by atoms with van der Waals surface area (Å²) in [5, 5.41) is 0. The van der Waals surface area contributed by atoms with Crippen molar-refractivity contribution in [1.29, 1.82) is 0 Å². The van der Waals surface area contributed by atoms with E-state index in [1.54, 1.807) is 0 Å². The molecule has 0 aliphatic heterocycles. The van der Waals surface area contributed by atoms with E-state index < -0.39 is 0 Å². The molecule has 0 fully saturated rings. The molecule has 1 heteroatoms. The Bertz CT molecular complexity index is 1840. The van der Waals surface area contributed by atoms with Crippen molar-refractivity contribution in [3.63, 3.8) is 0 Å². The van der Waals surface area contributed by atoms with Gasteiger partial charge in [0.2, 0.25) is 0 Å². The standard InChI is InChI=1S/C42H31N.14C2H6/c1-6-16-32(17-7-1)36-28-37(33-18-8-2-9-19-33)30-38(29-36)35-26-27-42(41(31-35)34-20-10-3-11-21-34)43(39-22-12-4-13-23-39)40-24-14-5-15-25-40;14*1-2/h1-31H;14*1-2H3. The van der Waals surface area contributed by atoms with Crippen LogP contribution in [0.1, 0.15) is 194 Å². The molecular formula is C70H115N. The Morgan fingerprint density at radius 2 is 0.408 bits per heavy atom. The second kappa shape index (κ2) is 68.6. The molecule has 0 bridgehead atoms. The summed E-state index contributed by atoms with van der Waals surface area (Å²) in [4.78, 5) is 2.35. The molecule has 400 valence electrons. The first-order valence-corrected chi connectivity index (χ1v) is 28.7. The summed E-state index contributed by atoms with van der Waals surface area (Å²) in [5.41, 5.74) is 12.9. The lowest BCUT2D eigenvalue weighted by molar-refractivity contribution is 1.28. The van der Waals surface area contributed by atoms with E-state index in [-0.39, 0.29) is 0 Å². The molecule has 1 nitrogen and oxygen atoms in total. The van der Waals surface area contributed by atoms with Crippen LogP contribution in [0.4, 0.5) is 17.1 Å². The Morgan fingerprint density at radius 3 is 0.676 bits per heavy atom. The number of benzene rings is 7. The van der Waals surface area contributed by atoms with E-state index in [0.29, 0.717) is 0 Å². The highest BCUT2D eigenvalue weighted by atomic mass is 15.1. The van der Waals surface area contributed by atoms with Crippen molar-refractivity contribution in [1.82, 2.24) is 0 Å². The monoisotopic (exact) mass is 970 g/mol. The summed E-state index contributed by atoms with van der Waals surface area (Å²) in [7, 11) is 0. The molecule has 7 aromatic rings. The third-order valence-corrected chi connectivity index (χ3v) is 7.83. The average Bonchev–Trinajstić information content (AvgIpc) is 3.53. The minimum Gasteiger partial charge on any atom is -0.310 e. The van der Waals surface area contributed by atoms with Crippen molar-refractivity contribution in [2.24, 2.45) is 0 Å². The van der Waals surface area contributed by atoms with Crippen LogP contribution >= 0.6 is 0 Å². The van der Waals surface area contributed by atoms with E-state index in [4.69, 9.17) is 0 Å². The number of nitrogens with zero attached hydrogens (tertiary/aromatic N) is 1. The molecule has 0 spiro atoms. The Balaban J connectivity index is -0.000000205. The second-order valence-corrected chi connectivity index (χ2v) is 10.6. The second-order valence-electron chi connectivity index (χ2n) is 10.6. The molecule has 71 heavy (non-hydrogen) atoms. The van der Waals surface area contributed by atoms with Gasteiger partial charge < -0.3 is 4.90 Å². The van der Waals surface area contributed by atoms with Crippen molar-refractivity contribution in [2.45, 2.75) is 194 Å². The van der Waals surface area contributed by atoms with Crippen molar-refractivity contribution in [3.05, 3.63) is 188 Å². The predicted molar refractivity (Wildman–Crippen MR) is 342 cm³/mol. The van der Waals surface area contributed by atoms with Crippen molar-refractivity contribution in [3.8, 4) is 44.5 Å². The highest BCUT2D eigenvalue weighted by molar-refractivity contribution is 5.91. The van der Waals surface area contributed by atoms with Crippen LogP contribution in [0.3, 0.4) is 0 Å². The zero-order chi connectivity index (χ0) is 56.8. The predicted octanol–water partition coefficient (Wildman–Crippen LogP) is 26.2. The van der Waals surface area contributed by atoms with Gasteiger partial charge in [-0.25, -0.2) is 0 Å². The minimum atomic E-state index is 1.12. The van der Waals surface area contributed by atoms with Gasteiger partial charge in [0.05, 0.1) is 5.69 Å². The maximum absolute atomic E-state index is 2.35. The van der Waals surface area contributed by atoms with Gasteiger partial charge in [-0.15, -0.1) is 0 Å². The van der Waals surface area contributed by atoms with Crippen LogP contribution in [0, 0.1) is 0 Å². The smallest absolute Gasteiger partial charge is 0.0540 e. The molecular weight excluding hydrogens is 855 g/mol. The molecule has 0 aliphatic rings. The van der Waals surface area contributed by atoms with Crippen LogP contribution in [-0.4, -0.2) is 0 Å². The summed E-state index contributed by atoms with van der Waals surface area (Å²) < 4.78 is 0. The van der Waals surface area contributed by atoms with Gasteiger partial charge in [-0.1, -0.05) is 327 Å². The highest BCUT2D eigenvalue weighted by Gasteiger charge is 2.18. The Hall–Kier alpha value is -5.66. The van der Waals surface area contributed by atoms with Gasteiger partial charge in [-0.2, -0.15) is 0 Å². The van der Waals surface area contributed by atoms with Crippen LogP contribution < -0.4 is 4.90 Å². The molecule has 0 heterocycles. The van der Waals surface area contributed by atoms with E-state index in [2.05, 4.69) is 193 Å². The van der Waals surface area contributed by atoms with Gasteiger partial charge in [0.25, 0.3) is 0 Å². The van der Waals surface area contributed by atoms with E-state index in [9.17, 15) is 0 Å². The van der Waals surface area contributed by atoms with E-state index >= 15 is 0 Å². The number of anilines is 3. The molecule has 0 saturated carbocycles. The topological polar surface area (TPSA) is 3.24 Å². The first-order chi connectivity index (χ1) is 35.3. The van der Waals surface area contributed by atoms with Crippen LogP contribution in [0.25, 0.3) is 44.5 Å². The first kappa shape index (κ1) is 82.3. The third-order valence-electron chi connectivity index (χ3n) is 7.83. The summed E-state index contributed by atoms with van der Waals surface area (Å²) in [6, 6.07) is 67.1. The molecule has 0 unspecified atom stereocenters. The molecule has 0 N–H and O–H groups in total. The molecule has 0 radical (unpaired) electrons. The fourth-order valence-corrected chi connectivity index (χ4v) is 5.73. The lowest BCUT2D eigenvalue weighted by atomic mass is 9.91. The lowest BCUT2D eigenvalue weighted by Crippen LogP contribution is -2.11. The number of hydrogen-bond acceptors (Lipinski definition) is 1. The molecule has 0 saturated heterocycles. The largest absolute Gasteiger partial charge is 0.310 e. The van der Waals surface area contributed by atoms with Gasteiger partial charge >= 0.3 is 0 Å². The van der Waals surface area contributed by atoms with Crippen LogP contribution in [-0.2, 0) is 0 Å². The highest BCUT2D eigenvalue weighted by Crippen LogP contribution is 2.43. The van der Waals surface area contributed by atoms with E-state index in [0.717, 1.165) is 17.1 Å². The number of rotatable bonds is 7. The molecule has 0 aromatic heterocycles. The normalized spacial score (nSPS) is 7.72.